The van der Waals surface area contributed by atoms with Crippen molar-refractivity contribution < 1.29 is 23.5 Å². The first-order valence-electron chi connectivity index (χ1n) is 7.54. The van der Waals surface area contributed by atoms with Crippen LogP contribution in [-0.2, 0) is 25.5 Å². The van der Waals surface area contributed by atoms with E-state index in [-0.39, 0.29) is 18.9 Å². The molecule has 0 atom stereocenters. The van der Waals surface area contributed by atoms with Crippen LogP contribution in [0.3, 0.4) is 0 Å². The van der Waals surface area contributed by atoms with E-state index in [0.29, 0.717) is 5.69 Å². The van der Waals surface area contributed by atoms with Crippen LogP contribution < -0.4 is 10.6 Å². The Balaban J connectivity index is 1.65. The molecular formula is C18H17FN2O4. The summed E-state index contributed by atoms with van der Waals surface area (Å²) in [4.78, 5) is 34.8. The fourth-order valence-corrected chi connectivity index (χ4v) is 1.94. The van der Waals surface area contributed by atoms with Crippen LogP contribution in [0.1, 0.15) is 5.56 Å². The molecule has 7 heteroatoms. The zero-order chi connectivity index (χ0) is 18.1. The van der Waals surface area contributed by atoms with Crippen molar-refractivity contribution in [3.63, 3.8) is 0 Å². The lowest BCUT2D eigenvalue weighted by Crippen LogP contribution is -2.33. The van der Waals surface area contributed by atoms with Gasteiger partial charge in [0, 0.05) is 5.69 Å². The summed E-state index contributed by atoms with van der Waals surface area (Å²) in [5.74, 6) is -2.03. The van der Waals surface area contributed by atoms with Crippen molar-refractivity contribution in [1.29, 1.82) is 0 Å². The maximum atomic E-state index is 12.7. The van der Waals surface area contributed by atoms with Gasteiger partial charge in [0.15, 0.2) is 6.61 Å². The predicted octanol–water partition coefficient (Wildman–Crippen LogP) is 1.67. The lowest BCUT2D eigenvalue weighted by atomic mass is 10.1. The minimum Gasteiger partial charge on any atom is -0.454 e. The third-order valence-corrected chi connectivity index (χ3v) is 3.13. The van der Waals surface area contributed by atoms with E-state index in [1.54, 1.807) is 12.1 Å². The van der Waals surface area contributed by atoms with Crippen molar-refractivity contribution >= 4 is 23.5 Å². The van der Waals surface area contributed by atoms with Gasteiger partial charge in [0.2, 0.25) is 5.91 Å². The lowest BCUT2D eigenvalue weighted by molar-refractivity contribution is -0.147. The molecular weight excluding hydrogens is 327 g/mol. The van der Waals surface area contributed by atoms with E-state index in [0.717, 1.165) is 5.56 Å². The van der Waals surface area contributed by atoms with Gasteiger partial charge in [-0.05, 0) is 29.8 Å². The highest BCUT2D eigenvalue weighted by molar-refractivity contribution is 5.93. The van der Waals surface area contributed by atoms with Crippen LogP contribution in [0.2, 0.25) is 0 Å². The molecule has 0 aliphatic heterocycles. The number of rotatable bonds is 7. The molecule has 0 unspecified atom stereocenters. The quantitative estimate of drug-likeness (QED) is 0.748. The van der Waals surface area contributed by atoms with Crippen LogP contribution in [0.4, 0.5) is 10.1 Å². The van der Waals surface area contributed by atoms with Gasteiger partial charge in [-0.2, -0.15) is 0 Å². The smallest absolute Gasteiger partial charge is 0.325 e. The molecule has 25 heavy (non-hydrogen) atoms. The number of hydrogen-bond donors (Lipinski definition) is 2. The normalized spacial score (nSPS) is 9.96. The molecule has 0 aliphatic rings. The Bertz CT molecular complexity index is 733. The number of anilines is 1. The zero-order valence-electron chi connectivity index (χ0n) is 13.3. The van der Waals surface area contributed by atoms with Gasteiger partial charge in [-0.25, -0.2) is 4.39 Å². The summed E-state index contributed by atoms with van der Waals surface area (Å²) in [6.45, 7) is -0.819. The lowest BCUT2D eigenvalue weighted by Gasteiger charge is -2.07. The summed E-state index contributed by atoms with van der Waals surface area (Å²) < 4.78 is 17.5. The van der Waals surface area contributed by atoms with Crippen molar-refractivity contribution in [3.8, 4) is 0 Å². The van der Waals surface area contributed by atoms with Gasteiger partial charge in [-0.15, -0.1) is 0 Å². The minimum absolute atomic E-state index is 0.152. The molecule has 130 valence electrons. The molecule has 6 nitrogen and oxygen atoms in total. The maximum Gasteiger partial charge on any atom is 0.325 e. The van der Waals surface area contributed by atoms with Crippen molar-refractivity contribution in [2.75, 3.05) is 18.5 Å². The molecule has 0 saturated heterocycles. The van der Waals surface area contributed by atoms with E-state index < -0.39 is 24.3 Å². The van der Waals surface area contributed by atoms with E-state index in [9.17, 15) is 18.8 Å². The molecule has 0 aliphatic carbocycles. The van der Waals surface area contributed by atoms with Gasteiger partial charge in [0.05, 0.1) is 6.42 Å². The summed E-state index contributed by atoms with van der Waals surface area (Å²) in [6, 6.07) is 14.3. The second-order valence-electron chi connectivity index (χ2n) is 5.15. The molecule has 0 heterocycles. The third-order valence-electron chi connectivity index (χ3n) is 3.13. The van der Waals surface area contributed by atoms with Crippen LogP contribution >= 0.6 is 0 Å². The average Bonchev–Trinajstić information content (AvgIpc) is 2.61. The fraction of sp³-hybridized carbons (Fsp3) is 0.167. The van der Waals surface area contributed by atoms with Crippen LogP contribution in [0.5, 0.6) is 0 Å². The maximum absolute atomic E-state index is 12.7. The largest absolute Gasteiger partial charge is 0.454 e. The number of carbonyl (C=O) groups excluding carboxylic acids is 3. The molecule has 2 aromatic carbocycles. The number of esters is 1. The molecule has 0 fully saturated rings. The number of amides is 2. The fourth-order valence-electron chi connectivity index (χ4n) is 1.94. The summed E-state index contributed by atoms with van der Waals surface area (Å²) in [5.41, 5.74) is 1.21. The number of hydrogen-bond acceptors (Lipinski definition) is 4. The number of benzene rings is 2. The van der Waals surface area contributed by atoms with E-state index >= 15 is 0 Å². The van der Waals surface area contributed by atoms with Gasteiger partial charge in [-0.1, -0.05) is 30.3 Å². The highest BCUT2D eigenvalue weighted by Gasteiger charge is 2.10. The Hall–Kier alpha value is -3.22. The molecule has 0 aromatic heterocycles. The van der Waals surface area contributed by atoms with E-state index in [1.807, 2.05) is 18.2 Å². The number of ether oxygens (including phenoxy) is 1. The molecule has 0 bridgehead atoms. The van der Waals surface area contributed by atoms with Crippen molar-refractivity contribution in [1.82, 2.24) is 5.32 Å². The number of nitrogens with one attached hydrogen (secondary N) is 2. The van der Waals surface area contributed by atoms with Crippen LogP contribution in [0, 0.1) is 5.82 Å². The molecule has 0 radical (unpaired) electrons. The molecule has 2 aromatic rings. The average molecular weight is 344 g/mol. The van der Waals surface area contributed by atoms with Gasteiger partial charge in [0.25, 0.3) is 5.91 Å². The Labute approximate surface area is 144 Å². The number of carbonyl (C=O) groups is 3. The molecule has 2 N–H and O–H groups in total. The van der Waals surface area contributed by atoms with Crippen LogP contribution in [-0.4, -0.2) is 30.9 Å². The summed E-state index contributed by atoms with van der Waals surface area (Å²) in [5, 5.41) is 4.88. The highest BCUT2D eigenvalue weighted by Crippen LogP contribution is 2.07. The first-order valence-corrected chi connectivity index (χ1v) is 7.54. The van der Waals surface area contributed by atoms with Gasteiger partial charge >= 0.3 is 5.97 Å². The van der Waals surface area contributed by atoms with Crippen LogP contribution in [0.15, 0.2) is 54.6 Å². The standard InChI is InChI=1S/C18H17FN2O4/c19-14-6-8-15(9-7-14)21-17(23)12-25-18(24)11-20-16(22)10-13-4-2-1-3-5-13/h1-9H,10-12H2,(H,20,22)(H,21,23). The van der Waals surface area contributed by atoms with E-state index in [1.165, 1.54) is 24.3 Å². The third kappa shape index (κ3) is 6.82. The molecule has 0 spiro atoms. The zero-order valence-corrected chi connectivity index (χ0v) is 13.3. The first kappa shape index (κ1) is 18.1. The SMILES string of the molecule is O=C(Cc1ccccc1)NCC(=O)OCC(=O)Nc1ccc(F)cc1. The molecule has 0 saturated carbocycles. The van der Waals surface area contributed by atoms with Crippen molar-refractivity contribution in [2.45, 2.75) is 6.42 Å². The van der Waals surface area contributed by atoms with Crippen molar-refractivity contribution in [2.24, 2.45) is 0 Å². The van der Waals surface area contributed by atoms with Gasteiger partial charge in [0.1, 0.15) is 12.4 Å². The Kier molecular flexibility index (Phi) is 6.65. The van der Waals surface area contributed by atoms with Crippen molar-refractivity contribution in [3.05, 3.63) is 66.0 Å². The monoisotopic (exact) mass is 344 g/mol. The predicted molar refractivity (Wildman–Crippen MR) is 89.1 cm³/mol. The number of halogens is 1. The molecule has 2 rings (SSSR count). The summed E-state index contributed by atoms with van der Waals surface area (Å²) >= 11 is 0. The molecule has 2 amide bonds. The second kappa shape index (κ2) is 9.17. The Morgan fingerprint density at radius 1 is 0.920 bits per heavy atom. The van der Waals surface area contributed by atoms with Gasteiger partial charge in [-0.3, -0.25) is 14.4 Å². The summed E-state index contributed by atoms with van der Waals surface area (Å²) in [6.07, 6.45) is 0.152. The van der Waals surface area contributed by atoms with Gasteiger partial charge < -0.3 is 15.4 Å². The Morgan fingerprint density at radius 2 is 1.60 bits per heavy atom. The minimum atomic E-state index is -0.726. The van der Waals surface area contributed by atoms with E-state index in [4.69, 9.17) is 4.74 Å². The summed E-state index contributed by atoms with van der Waals surface area (Å²) in [7, 11) is 0. The second-order valence-corrected chi connectivity index (χ2v) is 5.15. The van der Waals surface area contributed by atoms with Crippen LogP contribution in [0.25, 0.3) is 0 Å². The highest BCUT2D eigenvalue weighted by atomic mass is 19.1. The topological polar surface area (TPSA) is 84.5 Å². The van der Waals surface area contributed by atoms with E-state index in [2.05, 4.69) is 10.6 Å². The Morgan fingerprint density at radius 3 is 2.28 bits per heavy atom. The first-order chi connectivity index (χ1) is 12.0.